The van der Waals surface area contributed by atoms with Gasteiger partial charge in [0.15, 0.2) is 0 Å². The van der Waals surface area contributed by atoms with Crippen molar-refractivity contribution in [2.45, 2.75) is 13.8 Å². The van der Waals surface area contributed by atoms with Crippen molar-refractivity contribution in [3.05, 3.63) is 54.1 Å². The van der Waals surface area contributed by atoms with E-state index in [-0.39, 0.29) is 0 Å². The SMILES string of the molecule is CCN(CC)c1cccc(N(C)c2ccccc2)c1C(=O)O. The van der Waals surface area contributed by atoms with Gasteiger partial charge in [-0.15, -0.1) is 0 Å². The topological polar surface area (TPSA) is 43.8 Å². The predicted molar refractivity (Wildman–Crippen MR) is 91.5 cm³/mol. The number of hydrogen-bond donors (Lipinski definition) is 1. The van der Waals surface area contributed by atoms with Crippen LogP contribution in [0.15, 0.2) is 48.5 Å². The lowest BCUT2D eigenvalue weighted by atomic mass is 10.1. The highest BCUT2D eigenvalue weighted by molar-refractivity contribution is 6.01. The fraction of sp³-hybridized carbons (Fsp3) is 0.278. The van der Waals surface area contributed by atoms with Gasteiger partial charge in [0.25, 0.3) is 0 Å². The van der Waals surface area contributed by atoms with Crippen molar-refractivity contribution in [3.8, 4) is 0 Å². The smallest absolute Gasteiger partial charge is 0.339 e. The van der Waals surface area contributed by atoms with Crippen molar-refractivity contribution < 1.29 is 9.90 Å². The van der Waals surface area contributed by atoms with Crippen molar-refractivity contribution in [2.75, 3.05) is 29.9 Å². The normalized spacial score (nSPS) is 10.3. The number of carboxylic acids is 1. The maximum Gasteiger partial charge on any atom is 0.339 e. The molecule has 0 saturated heterocycles. The Hall–Kier alpha value is -2.49. The number of aromatic carboxylic acids is 1. The number of nitrogens with zero attached hydrogens (tertiary/aromatic N) is 2. The lowest BCUT2D eigenvalue weighted by Crippen LogP contribution is -2.25. The highest BCUT2D eigenvalue weighted by Gasteiger charge is 2.21. The van der Waals surface area contributed by atoms with Gasteiger partial charge in [-0.1, -0.05) is 24.3 Å². The van der Waals surface area contributed by atoms with Crippen LogP contribution in [-0.2, 0) is 0 Å². The number of carboxylic acid groups (broad SMARTS) is 1. The molecule has 0 aromatic heterocycles. The van der Waals surface area contributed by atoms with Crippen LogP contribution in [0.2, 0.25) is 0 Å². The third-order valence-electron chi connectivity index (χ3n) is 3.84. The summed E-state index contributed by atoms with van der Waals surface area (Å²) in [6.07, 6.45) is 0. The first-order valence-corrected chi connectivity index (χ1v) is 7.50. The van der Waals surface area contributed by atoms with Gasteiger partial charge in [-0.3, -0.25) is 0 Å². The van der Waals surface area contributed by atoms with Crippen LogP contribution in [0.4, 0.5) is 17.1 Å². The molecule has 0 heterocycles. The molecular formula is C18H22N2O2. The lowest BCUT2D eigenvalue weighted by Gasteiger charge is -2.27. The van der Waals surface area contributed by atoms with Crippen LogP contribution in [0.25, 0.3) is 0 Å². The summed E-state index contributed by atoms with van der Waals surface area (Å²) >= 11 is 0. The Labute approximate surface area is 131 Å². The molecule has 116 valence electrons. The lowest BCUT2D eigenvalue weighted by molar-refractivity contribution is 0.0698. The first-order valence-electron chi connectivity index (χ1n) is 7.50. The Balaban J connectivity index is 2.56. The molecule has 0 aliphatic heterocycles. The zero-order valence-electron chi connectivity index (χ0n) is 13.3. The van der Waals surface area contributed by atoms with Gasteiger partial charge in [-0.2, -0.15) is 0 Å². The molecule has 2 aromatic carbocycles. The molecule has 4 nitrogen and oxygen atoms in total. The van der Waals surface area contributed by atoms with Crippen LogP contribution in [0, 0.1) is 0 Å². The standard InChI is InChI=1S/C18H22N2O2/c1-4-20(5-2)16-13-9-12-15(17(16)18(21)22)19(3)14-10-7-6-8-11-14/h6-13H,4-5H2,1-3H3,(H,21,22). The monoisotopic (exact) mass is 298 g/mol. The second-order valence-electron chi connectivity index (χ2n) is 5.04. The van der Waals surface area contributed by atoms with Crippen LogP contribution in [0.5, 0.6) is 0 Å². The Morgan fingerprint density at radius 3 is 2.09 bits per heavy atom. The molecule has 0 aliphatic carbocycles. The van der Waals surface area contributed by atoms with Crippen molar-refractivity contribution in [1.82, 2.24) is 0 Å². The maximum atomic E-state index is 11.9. The average molecular weight is 298 g/mol. The number of carbonyl (C=O) groups is 1. The van der Waals surface area contributed by atoms with E-state index in [0.29, 0.717) is 11.3 Å². The first kappa shape index (κ1) is 15.9. The number of benzene rings is 2. The largest absolute Gasteiger partial charge is 0.478 e. The molecule has 0 atom stereocenters. The summed E-state index contributed by atoms with van der Waals surface area (Å²) < 4.78 is 0. The van der Waals surface area contributed by atoms with E-state index in [1.54, 1.807) is 0 Å². The fourth-order valence-corrected chi connectivity index (χ4v) is 2.65. The van der Waals surface area contributed by atoms with Crippen LogP contribution in [0.3, 0.4) is 0 Å². The second kappa shape index (κ2) is 6.98. The molecule has 1 N–H and O–H groups in total. The maximum absolute atomic E-state index is 11.9. The molecule has 0 unspecified atom stereocenters. The number of anilines is 3. The summed E-state index contributed by atoms with van der Waals surface area (Å²) in [5.74, 6) is -0.903. The van der Waals surface area contributed by atoms with Gasteiger partial charge in [0.1, 0.15) is 5.56 Å². The summed E-state index contributed by atoms with van der Waals surface area (Å²) in [5, 5.41) is 9.73. The Bertz CT molecular complexity index is 637. The van der Waals surface area contributed by atoms with Crippen LogP contribution in [-0.4, -0.2) is 31.2 Å². The second-order valence-corrected chi connectivity index (χ2v) is 5.04. The molecule has 0 amide bonds. The Morgan fingerprint density at radius 2 is 1.55 bits per heavy atom. The van der Waals surface area contributed by atoms with Gasteiger partial charge in [0.2, 0.25) is 0 Å². The summed E-state index contributed by atoms with van der Waals surface area (Å²) in [6, 6.07) is 15.4. The van der Waals surface area contributed by atoms with E-state index in [1.807, 2.05) is 74.3 Å². The third-order valence-corrected chi connectivity index (χ3v) is 3.84. The molecule has 0 aliphatic rings. The number of rotatable bonds is 6. The highest BCUT2D eigenvalue weighted by Crippen LogP contribution is 2.33. The van der Waals surface area contributed by atoms with E-state index in [4.69, 9.17) is 0 Å². The zero-order chi connectivity index (χ0) is 16.1. The number of hydrogen-bond acceptors (Lipinski definition) is 3. The highest BCUT2D eigenvalue weighted by atomic mass is 16.4. The summed E-state index contributed by atoms with van der Waals surface area (Å²) in [4.78, 5) is 15.8. The quantitative estimate of drug-likeness (QED) is 0.875. The average Bonchev–Trinajstić information content (AvgIpc) is 2.55. The van der Waals surface area contributed by atoms with Crippen LogP contribution >= 0.6 is 0 Å². The molecule has 0 radical (unpaired) electrons. The van der Waals surface area contributed by atoms with Crippen molar-refractivity contribution in [1.29, 1.82) is 0 Å². The molecular weight excluding hydrogens is 276 g/mol. The minimum Gasteiger partial charge on any atom is -0.478 e. The third kappa shape index (κ3) is 3.06. The minimum absolute atomic E-state index is 0.345. The van der Waals surface area contributed by atoms with Crippen molar-refractivity contribution in [2.24, 2.45) is 0 Å². The van der Waals surface area contributed by atoms with Gasteiger partial charge in [-0.25, -0.2) is 4.79 Å². The van der Waals surface area contributed by atoms with E-state index < -0.39 is 5.97 Å². The van der Waals surface area contributed by atoms with Gasteiger partial charge in [0, 0.05) is 25.8 Å². The van der Waals surface area contributed by atoms with E-state index in [9.17, 15) is 9.90 Å². The van der Waals surface area contributed by atoms with E-state index in [1.165, 1.54) is 0 Å². The number of para-hydroxylation sites is 1. The van der Waals surface area contributed by atoms with E-state index in [0.717, 1.165) is 24.5 Å². The molecule has 0 fully saturated rings. The van der Waals surface area contributed by atoms with E-state index >= 15 is 0 Å². The van der Waals surface area contributed by atoms with Gasteiger partial charge < -0.3 is 14.9 Å². The van der Waals surface area contributed by atoms with Gasteiger partial charge in [-0.05, 0) is 38.1 Å². The molecule has 22 heavy (non-hydrogen) atoms. The first-order chi connectivity index (χ1) is 10.6. The Morgan fingerprint density at radius 1 is 0.955 bits per heavy atom. The summed E-state index contributed by atoms with van der Waals surface area (Å²) in [5.41, 5.74) is 2.76. The summed E-state index contributed by atoms with van der Waals surface area (Å²) in [6.45, 7) is 5.61. The Kier molecular flexibility index (Phi) is 5.04. The molecule has 0 spiro atoms. The van der Waals surface area contributed by atoms with Crippen molar-refractivity contribution in [3.63, 3.8) is 0 Å². The molecule has 4 heteroatoms. The molecule has 2 aromatic rings. The van der Waals surface area contributed by atoms with Gasteiger partial charge in [0.05, 0.1) is 11.4 Å². The van der Waals surface area contributed by atoms with Crippen LogP contribution in [0.1, 0.15) is 24.2 Å². The van der Waals surface area contributed by atoms with Gasteiger partial charge >= 0.3 is 5.97 Å². The predicted octanol–water partition coefficient (Wildman–Crippen LogP) is 4.00. The summed E-state index contributed by atoms with van der Waals surface area (Å²) in [7, 11) is 1.89. The zero-order valence-corrected chi connectivity index (χ0v) is 13.3. The minimum atomic E-state index is -0.903. The van der Waals surface area contributed by atoms with Crippen LogP contribution < -0.4 is 9.80 Å². The molecule has 2 rings (SSSR count). The van der Waals surface area contributed by atoms with Crippen molar-refractivity contribution >= 4 is 23.0 Å². The molecule has 0 saturated carbocycles. The van der Waals surface area contributed by atoms with E-state index in [2.05, 4.69) is 4.90 Å². The fourth-order valence-electron chi connectivity index (χ4n) is 2.65. The molecule has 0 bridgehead atoms.